The molecule has 6 heteroatoms. The van der Waals surface area contributed by atoms with E-state index in [0.29, 0.717) is 11.7 Å². The quantitative estimate of drug-likeness (QED) is 0.859. The first kappa shape index (κ1) is 13.1. The SMILES string of the molecule is CC(C)Nc1ccc(NS(=O)(=O)C2CCC2)cn1. The van der Waals surface area contributed by atoms with Crippen LogP contribution in [0.2, 0.25) is 0 Å². The van der Waals surface area contributed by atoms with Crippen molar-refractivity contribution in [1.29, 1.82) is 0 Å². The van der Waals surface area contributed by atoms with Crippen molar-refractivity contribution in [3.8, 4) is 0 Å². The molecule has 1 aliphatic carbocycles. The molecule has 1 aromatic rings. The highest BCUT2D eigenvalue weighted by Crippen LogP contribution is 2.27. The molecule has 0 bridgehead atoms. The second-order valence-corrected chi connectivity index (χ2v) is 6.89. The minimum Gasteiger partial charge on any atom is -0.368 e. The lowest BCUT2D eigenvalue weighted by atomic mass is 10.0. The molecular weight excluding hydrogens is 250 g/mol. The van der Waals surface area contributed by atoms with E-state index in [9.17, 15) is 8.42 Å². The molecular formula is C12H19N3O2S. The zero-order chi connectivity index (χ0) is 13.2. The maximum absolute atomic E-state index is 11.9. The van der Waals surface area contributed by atoms with Gasteiger partial charge in [-0.25, -0.2) is 13.4 Å². The third-order valence-electron chi connectivity index (χ3n) is 2.95. The smallest absolute Gasteiger partial charge is 0.235 e. The topological polar surface area (TPSA) is 71.1 Å². The molecule has 100 valence electrons. The van der Waals surface area contributed by atoms with Crippen molar-refractivity contribution in [2.75, 3.05) is 10.0 Å². The minimum absolute atomic E-state index is 0.231. The Hall–Kier alpha value is -1.30. The highest BCUT2D eigenvalue weighted by molar-refractivity contribution is 7.93. The number of nitrogens with one attached hydrogen (secondary N) is 2. The fourth-order valence-corrected chi connectivity index (χ4v) is 3.33. The van der Waals surface area contributed by atoms with Crippen molar-refractivity contribution < 1.29 is 8.42 Å². The summed E-state index contributed by atoms with van der Waals surface area (Å²) >= 11 is 0. The molecule has 2 rings (SSSR count). The largest absolute Gasteiger partial charge is 0.368 e. The maximum atomic E-state index is 11.9. The van der Waals surface area contributed by atoms with E-state index in [1.165, 1.54) is 0 Å². The first-order valence-electron chi connectivity index (χ1n) is 6.21. The van der Waals surface area contributed by atoms with E-state index < -0.39 is 10.0 Å². The molecule has 1 saturated carbocycles. The van der Waals surface area contributed by atoms with Crippen molar-refractivity contribution in [2.24, 2.45) is 0 Å². The number of rotatable bonds is 5. The Morgan fingerprint density at radius 2 is 2.06 bits per heavy atom. The van der Waals surface area contributed by atoms with Gasteiger partial charge in [-0.05, 0) is 38.8 Å². The Balaban J connectivity index is 2.01. The van der Waals surface area contributed by atoms with Crippen LogP contribution in [0.1, 0.15) is 33.1 Å². The Morgan fingerprint density at radius 3 is 2.50 bits per heavy atom. The van der Waals surface area contributed by atoms with E-state index in [1.807, 2.05) is 13.8 Å². The molecule has 0 aromatic carbocycles. The normalized spacial score (nSPS) is 16.4. The zero-order valence-corrected chi connectivity index (χ0v) is 11.5. The number of sulfonamides is 1. The molecule has 0 unspecified atom stereocenters. The van der Waals surface area contributed by atoms with E-state index in [0.717, 1.165) is 25.1 Å². The van der Waals surface area contributed by atoms with Gasteiger partial charge in [-0.15, -0.1) is 0 Å². The highest BCUT2D eigenvalue weighted by Gasteiger charge is 2.31. The number of pyridine rings is 1. The van der Waals surface area contributed by atoms with Crippen molar-refractivity contribution in [3.63, 3.8) is 0 Å². The van der Waals surface area contributed by atoms with Crippen LogP contribution in [-0.4, -0.2) is 24.7 Å². The van der Waals surface area contributed by atoms with Gasteiger partial charge in [-0.1, -0.05) is 6.42 Å². The fourth-order valence-electron chi connectivity index (χ4n) is 1.76. The second kappa shape index (κ2) is 5.14. The van der Waals surface area contributed by atoms with Crippen LogP contribution in [0.15, 0.2) is 18.3 Å². The summed E-state index contributed by atoms with van der Waals surface area (Å²) in [6, 6.07) is 3.81. The fraction of sp³-hybridized carbons (Fsp3) is 0.583. The Kier molecular flexibility index (Phi) is 3.75. The predicted octanol–water partition coefficient (Wildman–Crippen LogP) is 2.20. The van der Waals surface area contributed by atoms with Gasteiger partial charge in [0.2, 0.25) is 10.0 Å². The third kappa shape index (κ3) is 3.13. The molecule has 0 saturated heterocycles. The van der Waals surface area contributed by atoms with Crippen LogP contribution in [0, 0.1) is 0 Å². The molecule has 1 fully saturated rings. The van der Waals surface area contributed by atoms with Crippen LogP contribution >= 0.6 is 0 Å². The van der Waals surface area contributed by atoms with Crippen molar-refractivity contribution in [2.45, 2.75) is 44.4 Å². The van der Waals surface area contributed by atoms with Crippen molar-refractivity contribution in [1.82, 2.24) is 4.98 Å². The summed E-state index contributed by atoms with van der Waals surface area (Å²) in [6.45, 7) is 4.05. The van der Waals surface area contributed by atoms with Gasteiger partial charge < -0.3 is 5.32 Å². The Morgan fingerprint density at radius 1 is 1.33 bits per heavy atom. The van der Waals surface area contributed by atoms with Gasteiger partial charge in [0.1, 0.15) is 5.82 Å². The highest BCUT2D eigenvalue weighted by atomic mass is 32.2. The van der Waals surface area contributed by atoms with Gasteiger partial charge in [0.15, 0.2) is 0 Å². The lowest BCUT2D eigenvalue weighted by Gasteiger charge is -2.25. The summed E-state index contributed by atoms with van der Waals surface area (Å²) < 4.78 is 26.4. The van der Waals surface area contributed by atoms with Gasteiger partial charge in [0.05, 0.1) is 17.1 Å². The van der Waals surface area contributed by atoms with Crippen LogP contribution in [0.25, 0.3) is 0 Å². The number of nitrogens with zero attached hydrogens (tertiary/aromatic N) is 1. The van der Waals surface area contributed by atoms with Crippen LogP contribution in [0.5, 0.6) is 0 Å². The number of aromatic nitrogens is 1. The average molecular weight is 269 g/mol. The van der Waals surface area contributed by atoms with E-state index in [1.54, 1.807) is 18.3 Å². The molecule has 0 aliphatic heterocycles. The summed E-state index contributed by atoms with van der Waals surface area (Å²) in [7, 11) is -3.22. The minimum atomic E-state index is -3.22. The van der Waals surface area contributed by atoms with E-state index in [4.69, 9.17) is 0 Å². The molecule has 1 heterocycles. The van der Waals surface area contributed by atoms with E-state index >= 15 is 0 Å². The van der Waals surface area contributed by atoms with Crippen molar-refractivity contribution in [3.05, 3.63) is 18.3 Å². The molecule has 5 nitrogen and oxygen atoms in total. The molecule has 1 aromatic heterocycles. The van der Waals surface area contributed by atoms with Crippen LogP contribution in [0.4, 0.5) is 11.5 Å². The summed E-state index contributed by atoms with van der Waals surface area (Å²) in [5.41, 5.74) is 0.524. The number of hydrogen-bond donors (Lipinski definition) is 2. The lowest BCUT2D eigenvalue weighted by Crippen LogP contribution is -2.33. The molecule has 0 amide bonds. The number of anilines is 2. The summed E-state index contributed by atoms with van der Waals surface area (Å²) in [6.07, 6.45) is 4.06. The molecule has 0 spiro atoms. The van der Waals surface area contributed by atoms with Gasteiger partial charge in [0.25, 0.3) is 0 Å². The Labute approximate surface area is 108 Å². The Bertz CT molecular complexity index is 493. The second-order valence-electron chi connectivity index (χ2n) is 4.93. The molecule has 0 radical (unpaired) electrons. The van der Waals surface area contributed by atoms with Crippen LogP contribution < -0.4 is 10.0 Å². The maximum Gasteiger partial charge on any atom is 0.235 e. The van der Waals surface area contributed by atoms with Crippen LogP contribution in [0.3, 0.4) is 0 Å². The average Bonchev–Trinajstić information content (AvgIpc) is 2.16. The first-order chi connectivity index (χ1) is 8.47. The van der Waals surface area contributed by atoms with Gasteiger partial charge >= 0.3 is 0 Å². The van der Waals surface area contributed by atoms with Gasteiger partial charge in [0, 0.05) is 6.04 Å². The van der Waals surface area contributed by atoms with Crippen molar-refractivity contribution >= 4 is 21.5 Å². The summed E-state index contributed by atoms with van der Waals surface area (Å²) in [4.78, 5) is 4.17. The molecule has 0 atom stereocenters. The predicted molar refractivity (Wildman–Crippen MR) is 73.2 cm³/mol. The van der Waals surface area contributed by atoms with Gasteiger partial charge in [-0.3, -0.25) is 4.72 Å². The molecule has 2 N–H and O–H groups in total. The van der Waals surface area contributed by atoms with E-state index in [2.05, 4.69) is 15.0 Å². The third-order valence-corrected chi connectivity index (χ3v) is 4.82. The number of hydrogen-bond acceptors (Lipinski definition) is 4. The monoisotopic (exact) mass is 269 g/mol. The van der Waals surface area contributed by atoms with Gasteiger partial charge in [-0.2, -0.15) is 0 Å². The zero-order valence-electron chi connectivity index (χ0n) is 10.7. The summed E-state index contributed by atoms with van der Waals surface area (Å²) in [5.74, 6) is 0.747. The standard InChI is InChI=1S/C12H19N3O2S/c1-9(2)14-12-7-6-10(8-13-12)15-18(16,17)11-4-3-5-11/h6-9,11,15H,3-5H2,1-2H3,(H,13,14). The molecule has 18 heavy (non-hydrogen) atoms. The first-order valence-corrected chi connectivity index (χ1v) is 7.76. The molecule has 1 aliphatic rings. The summed E-state index contributed by atoms with van der Waals surface area (Å²) in [5, 5.41) is 2.92. The lowest BCUT2D eigenvalue weighted by molar-refractivity contribution is 0.479. The van der Waals surface area contributed by atoms with Crippen LogP contribution in [-0.2, 0) is 10.0 Å². The van der Waals surface area contributed by atoms with E-state index in [-0.39, 0.29) is 5.25 Å².